The Morgan fingerprint density at radius 3 is 2.22 bits per heavy atom. The number of ketones is 1. The molecule has 199 valence electrons. The van der Waals surface area contributed by atoms with Crippen LogP contribution in [0, 0.1) is 0 Å². The molecule has 3 atom stereocenters. The van der Waals surface area contributed by atoms with E-state index in [2.05, 4.69) is 39.2 Å². The highest BCUT2D eigenvalue weighted by molar-refractivity contribution is 6.81. The molecule has 0 spiro atoms. The number of hydrogen-bond acceptors (Lipinski definition) is 6. The van der Waals surface area contributed by atoms with Gasteiger partial charge < -0.3 is 15.2 Å². The normalized spacial score (nSPS) is 20.5. The lowest BCUT2D eigenvalue weighted by atomic mass is 9.98. The number of anilines is 2. The molecule has 1 amide bonds. The summed E-state index contributed by atoms with van der Waals surface area (Å²) in [6, 6.07) is 12.8. The van der Waals surface area contributed by atoms with Gasteiger partial charge in [-0.15, -0.1) is 0 Å². The second-order valence-corrected chi connectivity index (χ2v) is 18.0. The number of ether oxygens (including phenoxy) is 1. The van der Waals surface area contributed by atoms with Crippen LogP contribution in [-0.4, -0.2) is 60.5 Å². The van der Waals surface area contributed by atoms with Crippen molar-refractivity contribution in [2.24, 2.45) is 0 Å². The van der Waals surface area contributed by atoms with Crippen LogP contribution >= 0.6 is 0 Å². The van der Waals surface area contributed by atoms with E-state index in [-0.39, 0.29) is 28.3 Å². The quantitative estimate of drug-likeness (QED) is 0.360. The summed E-state index contributed by atoms with van der Waals surface area (Å²) in [7, 11) is -2.16. The first-order chi connectivity index (χ1) is 17.1. The monoisotopic (exact) mass is 523 g/mol. The number of benzene rings is 2. The first-order valence-corrected chi connectivity index (χ1v) is 15.7. The molecule has 1 heterocycles. The maximum absolute atomic E-state index is 13.9. The van der Waals surface area contributed by atoms with Gasteiger partial charge in [0.25, 0.3) is 0 Å². The predicted octanol–water partition coefficient (Wildman–Crippen LogP) is 5.93. The largest absolute Gasteiger partial charge is 0.444 e. The molecule has 0 aliphatic carbocycles. The first kappa shape index (κ1) is 28.6. The molecule has 0 bridgehead atoms. The minimum atomic E-state index is -2.16. The molecular formula is C29H39N2O5Si. The Labute approximate surface area is 221 Å². The summed E-state index contributed by atoms with van der Waals surface area (Å²) < 4.78 is 5.65. The summed E-state index contributed by atoms with van der Waals surface area (Å²) in [6.45, 7) is 16.4. The minimum absolute atomic E-state index is 0.0651. The Balaban J connectivity index is 2.03. The van der Waals surface area contributed by atoms with Crippen LogP contribution in [0.3, 0.4) is 0 Å². The molecule has 2 aromatic carbocycles. The van der Waals surface area contributed by atoms with Gasteiger partial charge in [-0.2, -0.15) is 0 Å². The van der Waals surface area contributed by atoms with Crippen LogP contribution in [0.25, 0.3) is 0 Å². The van der Waals surface area contributed by atoms with Crippen LogP contribution in [0.1, 0.15) is 57.5 Å². The van der Waals surface area contributed by atoms with Crippen molar-refractivity contribution in [3.05, 3.63) is 59.7 Å². The number of para-hydroxylation sites is 1. The van der Waals surface area contributed by atoms with E-state index in [1.807, 2.05) is 36.6 Å². The molecule has 0 saturated carbocycles. The SMILES string of the molecule is CC(C)(C)OC(=O)N1CC([Si](C)(C)C(C)(C)C)C(O)[C@H]1C(=O)c1ccc([C]=O)c(Nc2ccccc2)c1. The van der Waals surface area contributed by atoms with Gasteiger partial charge >= 0.3 is 6.09 Å². The topological polar surface area (TPSA) is 95.9 Å². The smallest absolute Gasteiger partial charge is 0.411 e. The van der Waals surface area contributed by atoms with Crippen molar-refractivity contribution < 1.29 is 24.2 Å². The maximum atomic E-state index is 13.9. The number of rotatable bonds is 6. The highest BCUT2D eigenvalue weighted by Gasteiger charge is 2.56. The number of carbonyl (C=O) groups is 2. The Hall–Kier alpha value is -2.97. The molecule has 3 rings (SSSR count). The zero-order chi connectivity index (χ0) is 27.8. The van der Waals surface area contributed by atoms with Crippen LogP contribution < -0.4 is 5.32 Å². The molecule has 0 aromatic heterocycles. The van der Waals surface area contributed by atoms with Crippen molar-refractivity contribution in [2.45, 2.75) is 83.0 Å². The van der Waals surface area contributed by atoms with Crippen LogP contribution in [0.5, 0.6) is 0 Å². The molecule has 1 aliphatic heterocycles. The number of nitrogens with one attached hydrogen (secondary N) is 1. The van der Waals surface area contributed by atoms with E-state index in [1.165, 1.54) is 11.0 Å². The molecule has 1 saturated heterocycles. The van der Waals surface area contributed by atoms with Crippen molar-refractivity contribution in [3.8, 4) is 0 Å². The lowest BCUT2D eigenvalue weighted by Gasteiger charge is -2.42. The number of nitrogens with zero attached hydrogens (tertiary/aromatic N) is 1. The van der Waals surface area contributed by atoms with Crippen LogP contribution in [0.2, 0.25) is 23.7 Å². The Morgan fingerprint density at radius 1 is 1.05 bits per heavy atom. The third-order valence-corrected chi connectivity index (χ3v) is 13.9. The van der Waals surface area contributed by atoms with Crippen molar-refractivity contribution in [1.82, 2.24) is 4.90 Å². The zero-order valence-electron chi connectivity index (χ0n) is 23.1. The zero-order valence-corrected chi connectivity index (χ0v) is 24.1. The maximum Gasteiger partial charge on any atom is 0.411 e. The third kappa shape index (κ3) is 6.13. The lowest BCUT2D eigenvalue weighted by Crippen LogP contribution is -2.49. The second kappa shape index (κ2) is 10.4. The molecule has 1 fully saturated rings. The summed E-state index contributed by atoms with van der Waals surface area (Å²) in [6.07, 6.45) is 0.247. The molecule has 2 N–H and O–H groups in total. The lowest BCUT2D eigenvalue weighted by molar-refractivity contribution is 0.0158. The molecular weight excluding hydrogens is 484 g/mol. The van der Waals surface area contributed by atoms with E-state index in [0.717, 1.165) is 5.69 Å². The van der Waals surface area contributed by atoms with Gasteiger partial charge in [-0.25, -0.2) is 4.79 Å². The molecule has 8 heteroatoms. The molecule has 1 aliphatic rings. The Kier molecular flexibility index (Phi) is 8.05. The number of Topliss-reactive ketones (excluding diaryl/α,β-unsaturated/α-hetero) is 1. The average Bonchev–Trinajstić information content (AvgIpc) is 3.15. The second-order valence-electron chi connectivity index (χ2n) is 12.4. The summed E-state index contributed by atoms with van der Waals surface area (Å²) in [5.41, 5.74) is 0.751. The average molecular weight is 524 g/mol. The number of amides is 1. The molecule has 2 aromatic rings. The van der Waals surface area contributed by atoms with E-state index in [4.69, 9.17) is 4.74 Å². The number of hydrogen-bond donors (Lipinski definition) is 2. The van der Waals surface area contributed by atoms with Crippen molar-refractivity contribution >= 4 is 37.6 Å². The van der Waals surface area contributed by atoms with E-state index >= 15 is 0 Å². The van der Waals surface area contributed by atoms with Gasteiger partial charge in [0.1, 0.15) is 11.6 Å². The number of likely N-dealkylation sites (tertiary alicyclic amines) is 1. The standard InChI is InChI=1S/C29H39N2O5Si/c1-28(2,3)36-27(35)31-17-23(37(7,8)29(4,5)6)26(34)24(31)25(33)19-14-15-20(18-32)22(16-19)30-21-12-10-9-11-13-21/h9-16,23-24,26,30,34H,17H2,1-8H3/t23?,24-,26?/m1/s1. The number of aliphatic hydroxyl groups excluding tert-OH is 1. The summed E-state index contributed by atoms with van der Waals surface area (Å²) >= 11 is 0. The van der Waals surface area contributed by atoms with Crippen LogP contribution in [0.4, 0.5) is 16.2 Å². The first-order valence-electron chi connectivity index (χ1n) is 12.6. The molecule has 1 radical (unpaired) electrons. The Bertz CT molecular complexity index is 1150. The molecule has 37 heavy (non-hydrogen) atoms. The van der Waals surface area contributed by atoms with Gasteiger partial charge in [-0.3, -0.25) is 14.5 Å². The van der Waals surface area contributed by atoms with E-state index in [9.17, 15) is 19.5 Å². The third-order valence-electron chi connectivity index (χ3n) is 7.69. The predicted molar refractivity (Wildman–Crippen MR) is 149 cm³/mol. The van der Waals surface area contributed by atoms with E-state index in [1.54, 1.807) is 32.9 Å². The van der Waals surface area contributed by atoms with Crippen LogP contribution in [0.15, 0.2) is 48.5 Å². The summed E-state index contributed by atoms with van der Waals surface area (Å²) in [4.78, 5) is 40.2. The van der Waals surface area contributed by atoms with Gasteiger partial charge in [0.15, 0.2) is 5.78 Å². The van der Waals surface area contributed by atoms with Gasteiger partial charge in [-0.1, -0.05) is 58.1 Å². The fraction of sp³-hybridized carbons (Fsp3) is 0.483. The van der Waals surface area contributed by atoms with Crippen LogP contribution in [-0.2, 0) is 9.53 Å². The summed E-state index contributed by atoms with van der Waals surface area (Å²) in [5.74, 6) is -0.395. The Morgan fingerprint density at radius 2 is 1.68 bits per heavy atom. The molecule has 7 nitrogen and oxygen atoms in total. The number of carbonyl (C=O) groups excluding carboxylic acids is 3. The van der Waals surface area contributed by atoms with Gasteiger partial charge in [-0.05, 0) is 50.1 Å². The number of aliphatic hydroxyl groups is 1. The highest BCUT2D eigenvalue weighted by Crippen LogP contribution is 2.49. The van der Waals surface area contributed by atoms with Crippen molar-refractivity contribution in [3.63, 3.8) is 0 Å². The molecule has 2 unspecified atom stereocenters. The summed E-state index contributed by atoms with van der Waals surface area (Å²) in [5, 5.41) is 14.7. The van der Waals surface area contributed by atoms with Gasteiger partial charge in [0.2, 0.25) is 6.29 Å². The fourth-order valence-corrected chi connectivity index (χ4v) is 7.39. The van der Waals surface area contributed by atoms with Crippen molar-refractivity contribution in [2.75, 3.05) is 11.9 Å². The van der Waals surface area contributed by atoms with E-state index in [0.29, 0.717) is 5.69 Å². The van der Waals surface area contributed by atoms with E-state index < -0.39 is 37.7 Å². The van der Waals surface area contributed by atoms with Crippen molar-refractivity contribution in [1.29, 1.82) is 0 Å². The van der Waals surface area contributed by atoms with Gasteiger partial charge in [0, 0.05) is 28.9 Å². The highest BCUT2D eigenvalue weighted by atomic mass is 28.3. The van der Waals surface area contributed by atoms with Gasteiger partial charge in [0.05, 0.1) is 19.9 Å². The minimum Gasteiger partial charge on any atom is -0.444 e. The fourth-order valence-electron chi connectivity index (χ4n) is 4.59.